The lowest BCUT2D eigenvalue weighted by Gasteiger charge is -2.32. The molecule has 5 rings (SSSR count). The van der Waals surface area contributed by atoms with E-state index < -0.39 is 0 Å². The fraction of sp³-hybridized carbons (Fsp3) is 0.348. The third-order valence-electron chi connectivity index (χ3n) is 5.88. The molecule has 1 amide bonds. The van der Waals surface area contributed by atoms with E-state index in [1.807, 2.05) is 41.1 Å². The number of anilines is 1. The van der Waals surface area contributed by atoms with Crippen LogP contribution in [-0.2, 0) is 0 Å². The molecular formula is C23H25N7O2. The van der Waals surface area contributed by atoms with Crippen molar-refractivity contribution in [2.45, 2.75) is 38.8 Å². The van der Waals surface area contributed by atoms with Crippen molar-refractivity contribution in [1.29, 1.82) is 0 Å². The lowest BCUT2D eigenvalue weighted by molar-refractivity contribution is 0.0931. The smallest absolute Gasteiger partial charge is 0.251 e. The largest absolute Gasteiger partial charge is 0.464 e. The van der Waals surface area contributed by atoms with Gasteiger partial charge in [-0.25, -0.2) is 4.68 Å². The predicted molar refractivity (Wildman–Crippen MR) is 120 cm³/mol. The maximum absolute atomic E-state index is 12.8. The van der Waals surface area contributed by atoms with Crippen molar-refractivity contribution in [2.24, 2.45) is 0 Å². The van der Waals surface area contributed by atoms with Crippen LogP contribution in [0.5, 0.6) is 0 Å². The number of pyridine rings is 1. The molecule has 3 aromatic heterocycles. The summed E-state index contributed by atoms with van der Waals surface area (Å²) in [6.07, 6.45) is 5.09. The van der Waals surface area contributed by atoms with Crippen molar-refractivity contribution >= 4 is 22.8 Å². The van der Waals surface area contributed by atoms with Gasteiger partial charge in [0.15, 0.2) is 0 Å². The molecule has 0 spiro atoms. The summed E-state index contributed by atoms with van der Waals surface area (Å²) in [7, 11) is 0. The van der Waals surface area contributed by atoms with Crippen molar-refractivity contribution in [1.82, 2.24) is 30.5 Å². The number of furan rings is 1. The van der Waals surface area contributed by atoms with Gasteiger partial charge in [0.2, 0.25) is 5.95 Å². The van der Waals surface area contributed by atoms with Crippen molar-refractivity contribution in [3.63, 3.8) is 0 Å². The van der Waals surface area contributed by atoms with Gasteiger partial charge >= 0.3 is 0 Å². The average molecular weight is 432 g/mol. The number of amides is 1. The first kappa shape index (κ1) is 20.2. The van der Waals surface area contributed by atoms with E-state index in [0.29, 0.717) is 5.56 Å². The second-order valence-corrected chi connectivity index (χ2v) is 8.32. The Kier molecular flexibility index (Phi) is 5.30. The Morgan fingerprint density at radius 1 is 1.12 bits per heavy atom. The van der Waals surface area contributed by atoms with Crippen LogP contribution in [0.15, 0.2) is 53.3 Å². The SMILES string of the molecule is CC(C)n1nnnc1N1CCC(NC(=O)c2ccc(-c3nccc4occc34)cc2)CC1. The van der Waals surface area contributed by atoms with Crippen LogP contribution in [0.1, 0.15) is 43.1 Å². The number of hydrogen-bond donors (Lipinski definition) is 1. The molecule has 0 bridgehead atoms. The number of tetrazole rings is 1. The van der Waals surface area contributed by atoms with Gasteiger partial charge in [0, 0.05) is 41.8 Å². The van der Waals surface area contributed by atoms with Gasteiger partial charge in [-0.15, -0.1) is 0 Å². The normalized spacial score (nSPS) is 14.9. The summed E-state index contributed by atoms with van der Waals surface area (Å²) < 4.78 is 7.29. The molecule has 1 aliphatic rings. The Labute approximate surface area is 185 Å². The molecule has 0 radical (unpaired) electrons. The van der Waals surface area contributed by atoms with E-state index >= 15 is 0 Å². The van der Waals surface area contributed by atoms with Crippen LogP contribution in [0.3, 0.4) is 0 Å². The van der Waals surface area contributed by atoms with Gasteiger partial charge in [-0.3, -0.25) is 9.78 Å². The monoisotopic (exact) mass is 431 g/mol. The standard InChI is InChI=1S/C23H25N7O2/c1-15(2)30-23(26-27-28-30)29-12-8-18(9-13-29)25-22(31)17-5-3-16(4-6-17)21-19-10-14-32-20(19)7-11-24-21/h3-7,10-11,14-15,18H,8-9,12-13H2,1-2H3,(H,25,31). The molecule has 4 heterocycles. The Morgan fingerprint density at radius 2 is 1.91 bits per heavy atom. The quantitative estimate of drug-likeness (QED) is 0.516. The average Bonchev–Trinajstić information content (AvgIpc) is 3.49. The molecule has 9 heteroatoms. The highest BCUT2D eigenvalue weighted by Crippen LogP contribution is 2.27. The number of rotatable bonds is 5. The lowest BCUT2D eigenvalue weighted by Crippen LogP contribution is -2.45. The van der Waals surface area contributed by atoms with Crippen LogP contribution in [0.2, 0.25) is 0 Å². The van der Waals surface area contributed by atoms with Crippen LogP contribution in [0, 0.1) is 0 Å². The number of carbonyl (C=O) groups is 1. The van der Waals surface area contributed by atoms with Crippen molar-refractivity contribution in [3.05, 3.63) is 54.4 Å². The first-order valence-electron chi connectivity index (χ1n) is 10.9. The van der Waals surface area contributed by atoms with E-state index in [1.54, 1.807) is 12.5 Å². The highest BCUT2D eigenvalue weighted by molar-refractivity contribution is 5.96. The summed E-state index contributed by atoms with van der Waals surface area (Å²) >= 11 is 0. The van der Waals surface area contributed by atoms with E-state index in [4.69, 9.17) is 4.42 Å². The summed E-state index contributed by atoms with van der Waals surface area (Å²) in [4.78, 5) is 19.5. The molecule has 0 aliphatic carbocycles. The summed E-state index contributed by atoms with van der Waals surface area (Å²) in [5, 5.41) is 16.2. The molecule has 0 atom stereocenters. The number of aromatic nitrogens is 5. The molecular weight excluding hydrogens is 406 g/mol. The summed E-state index contributed by atoms with van der Waals surface area (Å²) in [5.41, 5.74) is 3.23. The van der Waals surface area contributed by atoms with Gasteiger partial charge in [-0.2, -0.15) is 0 Å². The van der Waals surface area contributed by atoms with E-state index in [0.717, 1.165) is 54.1 Å². The first-order valence-corrected chi connectivity index (χ1v) is 10.9. The summed E-state index contributed by atoms with van der Waals surface area (Å²) in [6, 6.07) is 11.6. The Balaban J connectivity index is 1.21. The van der Waals surface area contributed by atoms with Crippen molar-refractivity contribution in [2.75, 3.05) is 18.0 Å². The maximum atomic E-state index is 12.8. The molecule has 1 fully saturated rings. The number of piperidine rings is 1. The number of nitrogens with zero attached hydrogens (tertiary/aromatic N) is 6. The number of nitrogens with one attached hydrogen (secondary N) is 1. The minimum absolute atomic E-state index is 0.0588. The number of hydrogen-bond acceptors (Lipinski definition) is 7. The van der Waals surface area contributed by atoms with E-state index in [2.05, 4.69) is 44.6 Å². The topological polar surface area (TPSA) is 102 Å². The second kappa shape index (κ2) is 8.41. The molecule has 1 aliphatic heterocycles. The summed E-state index contributed by atoms with van der Waals surface area (Å²) in [5.74, 6) is 0.734. The molecule has 1 aromatic carbocycles. The van der Waals surface area contributed by atoms with E-state index in [-0.39, 0.29) is 18.0 Å². The molecule has 164 valence electrons. The number of carbonyl (C=O) groups excluding carboxylic acids is 1. The molecule has 1 saturated heterocycles. The van der Waals surface area contributed by atoms with Crippen LogP contribution in [0.25, 0.3) is 22.2 Å². The molecule has 0 saturated carbocycles. The predicted octanol–water partition coefficient (Wildman–Crippen LogP) is 3.46. The molecule has 0 unspecified atom stereocenters. The molecule has 9 nitrogen and oxygen atoms in total. The fourth-order valence-corrected chi connectivity index (χ4v) is 4.13. The Bertz CT molecular complexity index is 1220. The fourth-order valence-electron chi connectivity index (χ4n) is 4.13. The van der Waals surface area contributed by atoms with Gasteiger partial charge in [0.05, 0.1) is 18.0 Å². The third kappa shape index (κ3) is 3.81. The van der Waals surface area contributed by atoms with Crippen LogP contribution >= 0.6 is 0 Å². The van der Waals surface area contributed by atoms with Crippen LogP contribution in [-0.4, -0.2) is 50.2 Å². The van der Waals surface area contributed by atoms with Gasteiger partial charge in [-0.1, -0.05) is 17.2 Å². The van der Waals surface area contributed by atoms with Crippen molar-refractivity contribution < 1.29 is 9.21 Å². The minimum Gasteiger partial charge on any atom is -0.464 e. The highest BCUT2D eigenvalue weighted by Gasteiger charge is 2.25. The van der Waals surface area contributed by atoms with Gasteiger partial charge in [0.25, 0.3) is 5.91 Å². The van der Waals surface area contributed by atoms with Gasteiger partial charge in [0.1, 0.15) is 5.58 Å². The zero-order valence-electron chi connectivity index (χ0n) is 18.1. The van der Waals surface area contributed by atoms with E-state index in [1.165, 1.54) is 0 Å². The second-order valence-electron chi connectivity index (χ2n) is 8.32. The zero-order chi connectivity index (χ0) is 22.1. The maximum Gasteiger partial charge on any atom is 0.251 e. The third-order valence-corrected chi connectivity index (χ3v) is 5.88. The van der Waals surface area contributed by atoms with Gasteiger partial charge < -0.3 is 14.6 Å². The Morgan fingerprint density at radius 3 is 2.66 bits per heavy atom. The lowest BCUT2D eigenvalue weighted by atomic mass is 10.0. The highest BCUT2D eigenvalue weighted by atomic mass is 16.3. The first-order chi connectivity index (χ1) is 15.6. The number of fused-ring (bicyclic) bond motifs is 1. The summed E-state index contributed by atoms with van der Waals surface area (Å²) in [6.45, 7) is 5.72. The van der Waals surface area contributed by atoms with Gasteiger partial charge in [-0.05, 0) is 61.4 Å². The van der Waals surface area contributed by atoms with Crippen LogP contribution < -0.4 is 10.2 Å². The van der Waals surface area contributed by atoms with E-state index in [9.17, 15) is 4.79 Å². The molecule has 32 heavy (non-hydrogen) atoms. The van der Waals surface area contributed by atoms with Crippen LogP contribution in [0.4, 0.5) is 5.95 Å². The minimum atomic E-state index is -0.0588. The zero-order valence-corrected chi connectivity index (χ0v) is 18.1. The Hall–Kier alpha value is -3.75. The molecule has 1 N–H and O–H groups in total. The number of benzene rings is 1. The van der Waals surface area contributed by atoms with Crippen molar-refractivity contribution in [3.8, 4) is 11.3 Å². The molecule has 4 aromatic rings.